The van der Waals surface area contributed by atoms with Crippen molar-refractivity contribution >= 4 is 11.0 Å². The van der Waals surface area contributed by atoms with Crippen LogP contribution in [0.1, 0.15) is 49.4 Å². The molecule has 0 unspecified atom stereocenters. The number of aromatic nitrogens is 2. The molecule has 1 aliphatic carbocycles. The Labute approximate surface area is 135 Å². The molecule has 5 heteroatoms. The molecule has 0 radical (unpaired) electrons. The first-order chi connectivity index (χ1) is 10.9. The summed E-state index contributed by atoms with van der Waals surface area (Å²) in [7, 11) is 0. The van der Waals surface area contributed by atoms with Gasteiger partial charge in [0.15, 0.2) is 0 Å². The van der Waals surface area contributed by atoms with E-state index in [1.807, 2.05) is 6.20 Å². The molecular formula is C18H23F2N3. The number of rotatable bonds is 2. The highest BCUT2D eigenvalue weighted by atomic mass is 19.3. The van der Waals surface area contributed by atoms with Crippen molar-refractivity contribution in [3.05, 3.63) is 29.1 Å². The maximum Gasteiger partial charge on any atom is 0.249 e. The van der Waals surface area contributed by atoms with Gasteiger partial charge in [0.25, 0.3) is 0 Å². The molecule has 2 aromatic rings. The first kappa shape index (κ1) is 15.1. The monoisotopic (exact) mass is 319 g/mol. The van der Waals surface area contributed by atoms with Gasteiger partial charge in [0.1, 0.15) is 5.65 Å². The fourth-order valence-corrected chi connectivity index (χ4v) is 3.96. The Morgan fingerprint density at radius 1 is 1.26 bits per heavy atom. The van der Waals surface area contributed by atoms with Crippen LogP contribution in [-0.2, 0) is 13.1 Å². The number of hydrogen-bond acceptors (Lipinski definition) is 2. The van der Waals surface area contributed by atoms with E-state index in [0.717, 1.165) is 36.2 Å². The molecule has 0 N–H and O–H groups in total. The molecule has 0 aromatic carbocycles. The summed E-state index contributed by atoms with van der Waals surface area (Å²) in [4.78, 5) is 7.10. The van der Waals surface area contributed by atoms with E-state index in [9.17, 15) is 8.78 Å². The Bertz CT molecular complexity index is 755. The third-order valence-electron chi connectivity index (χ3n) is 5.56. The topological polar surface area (TPSA) is 21.1 Å². The van der Waals surface area contributed by atoms with E-state index in [4.69, 9.17) is 0 Å². The molecule has 2 aromatic heterocycles. The summed E-state index contributed by atoms with van der Waals surface area (Å²) in [5.41, 5.74) is 4.56. The molecular weight excluding hydrogens is 296 g/mol. The van der Waals surface area contributed by atoms with Crippen molar-refractivity contribution in [3.8, 4) is 0 Å². The van der Waals surface area contributed by atoms with Crippen molar-refractivity contribution in [2.24, 2.45) is 0 Å². The number of nitrogens with zero attached hydrogens (tertiary/aromatic N) is 3. The van der Waals surface area contributed by atoms with Crippen molar-refractivity contribution < 1.29 is 8.78 Å². The minimum absolute atomic E-state index is 0.0338. The van der Waals surface area contributed by atoms with E-state index in [-0.39, 0.29) is 18.8 Å². The lowest BCUT2D eigenvalue weighted by Crippen LogP contribution is -2.38. The van der Waals surface area contributed by atoms with Gasteiger partial charge in [0.2, 0.25) is 5.92 Å². The second-order valence-electron chi connectivity index (χ2n) is 7.39. The van der Waals surface area contributed by atoms with Crippen LogP contribution in [0.25, 0.3) is 11.0 Å². The lowest BCUT2D eigenvalue weighted by Gasteiger charge is -2.35. The Kier molecular flexibility index (Phi) is 3.28. The molecule has 3 heterocycles. The van der Waals surface area contributed by atoms with Gasteiger partial charge in [0, 0.05) is 55.8 Å². The fourth-order valence-electron chi connectivity index (χ4n) is 3.96. The van der Waals surface area contributed by atoms with Crippen LogP contribution >= 0.6 is 0 Å². The lowest BCUT2D eigenvalue weighted by atomic mass is 9.77. The second-order valence-corrected chi connectivity index (χ2v) is 7.39. The van der Waals surface area contributed by atoms with Crippen LogP contribution in [0.4, 0.5) is 8.78 Å². The molecule has 0 saturated heterocycles. The van der Waals surface area contributed by atoms with Crippen LogP contribution in [0, 0.1) is 6.92 Å². The summed E-state index contributed by atoms with van der Waals surface area (Å²) in [5, 5.41) is 1.14. The summed E-state index contributed by atoms with van der Waals surface area (Å²) < 4.78 is 28.6. The molecule has 0 spiro atoms. The zero-order valence-corrected chi connectivity index (χ0v) is 13.9. The average Bonchev–Trinajstić information content (AvgIpc) is 2.77. The van der Waals surface area contributed by atoms with Crippen LogP contribution in [0.2, 0.25) is 0 Å². The smallest absolute Gasteiger partial charge is 0.249 e. The molecule has 3 nitrogen and oxygen atoms in total. The molecule has 2 aliphatic rings. The van der Waals surface area contributed by atoms with E-state index in [0.29, 0.717) is 6.04 Å². The van der Waals surface area contributed by atoms with Gasteiger partial charge < -0.3 is 4.57 Å². The fraction of sp³-hybridized carbons (Fsp3) is 0.611. The van der Waals surface area contributed by atoms with Gasteiger partial charge in [-0.25, -0.2) is 13.8 Å². The van der Waals surface area contributed by atoms with E-state index >= 15 is 0 Å². The number of pyridine rings is 1. The highest BCUT2D eigenvalue weighted by Gasteiger charge is 2.46. The van der Waals surface area contributed by atoms with E-state index in [1.165, 1.54) is 11.3 Å². The van der Waals surface area contributed by atoms with Gasteiger partial charge in [-0.05, 0) is 43.9 Å². The van der Waals surface area contributed by atoms with E-state index < -0.39 is 5.92 Å². The standard InChI is InChI=1S/C18H23F2N3/c1-11(2)22-4-5-23-16(10-22)12(3)15-6-13(9-21-17(15)23)14-7-18(19,20)8-14/h6,9,11,14H,4-5,7-8,10H2,1-3H3. The first-order valence-electron chi connectivity index (χ1n) is 8.45. The SMILES string of the molecule is Cc1c2n(c3ncc(C4CC(F)(F)C4)cc13)CCN(C(C)C)C2. The van der Waals surface area contributed by atoms with Gasteiger partial charge in [-0.2, -0.15) is 0 Å². The number of halogens is 2. The van der Waals surface area contributed by atoms with Gasteiger partial charge in [-0.1, -0.05) is 0 Å². The molecule has 0 atom stereocenters. The van der Waals surface area contributed by atoms with Crippen molar-refractivity contribution in [1.29, 1.82) is 0 Å². The van der Waals surface area contributed by atoms with Crippen LogP contribution in [0.15, 0.2) is 12.3 Å². The van der Waals surface area contributed by atoms with Gasteiger partial charge in [-0.3, -0.25) is 4.90 Å². The summed E-state index contributed by atoms with van der Waals surface area (Å²) >= 11 is 0. The predicted octanol–water partition coefficient (Wildman–Crippen LogP) is 4.08. The maximum atomic E-state index is 13.1. The highest BCUT2D eigenvalue weighted by molar-refractivity contribution is 5.82. The molecule has 0 bridgehead atoms. The minimum Gasteiger partial charge on any atom is -0.327 e. The van der Waals surface area contributed by atoms with Gasteiger partial charge >= 0.3 is 0 Å². The number of aryl methyl sites for hydroxylation is 1. The number of alkyl halides is 2. The Balaban J connectivity index is 1.72. The first-order valence-corrected chi connectivity index (χ1v) is 8.45. The Hall–Kier alpha value is -1.49. The molecule has 1 fully saturated rings. The van der Waals surface area contributed by atoms with Gasteiger partial charge in [-0.15, -0.1) is 0 Å². The normalized spacial score (nSPS) is 21.7. The second kappa shape index (κ2) is 5.00. The zero-order valence-electron chi connectivity index (χ0n) is 13.9. The average molecular weight is 319 g/mol. The summed E-state index contributed by atoms with van der Waals surface area (Å²) in [6.45, 7) is 9.51. The number of hydrogen-bond donors (Lipinski definition) is 0. The van der Waals surface area contributed by atoms with Crippen molar-refractivity contribution in [2.75, 3.05) is 6.54 Å². The quantitative estimate of drug-likeness (QED) is 0.831. The van der Waals surface area contributed by atoms with Crippen molar-refractivity contribution in [2.45, 2.75) is 64.6 Å². The zero-order chi connectivity index (χ0) is 16.4. The maximum absolute atomic E-state index is 13.1. The lowest BCUT2D eigenvalue weighted by molar-refractivity contribution is -0.0867. The Morgan fingerprint density at radius 2 is 2.00 bits per heavy atom. The van der Waals surface area contributed by atoms with Crippen LogP contribution in [-0.4, -0.2) is 33.0 Å². The highest BCUT2D eigenvalue weighted by Crippen LogP contribution is 2.48. The number of fused-ring (bicyclic) bond motifs is 3. The Morgan fingerprint density at radius 3 is 2.65 bits per heavy atom. The van der Waals surface area contributed by atoms with E-state index in [1.54, 1.807) is 0 Å². The largest absolute Gasteiger partial charge is 0.327 e. The third kappa shape index (κ3) is 2.36. The molecule has 1 aliphatic heterocycles. The molecule has 124 valence electrons. The van der Waals surface area contributed by atoms with Crippen LogP contribution < -0.4 is 0 Å². The van der Waals surface area contributed by atoms with Crippen LogP contribution in [0.5, 0.6) is 0 Å². The molecule has 23 heavy (non-hydrogen) atoms. The minimum atomic E-state index is -2.48. The summed E-state index contributed by atoms with van der Waals surface area (Å²) in [5.74, 6) is -2.52. The molecule has 1 saturated carbocycles. The predicted molar refractivity (Wildman–Crippen MR) is 86.9 cm³/mol. The van der Waals surface area contributed by atoms with E-state index in [2.05, 4.69) is 41.3 Å². The van der Waals surface area contributed by atoms with Crippen LogP contribution in [0.3, 0.4) is 0 Å². The summed E-state index contributed by atoms with van der Waals surface area (Å²) in [6.07, 6.45) is 1.74. The van der Waals surface area contributed by atoms with Gasteiger partial charge in [0.05, 0.1) is 0 Å². The molecule has 0 amide bonds. The summed E-state index contributed by atoms with van der Waals surface area (Å²) in [6, 6.07) is 2.63. The van der Waals surface area contributed by atoms with Crippen molar-refractivity contribution in [1.82, 2.24) is 14.5 Å². The van der Waals surface area contributed by atoms with Crippen molar-refractivity contribution in [3.63, 3.8) is 0 Å². The molecule has 4 rings (SSSR count). The third-order valence-corrected chi connectivity index (χ3v) is 5.56.